The Hall–Kier alpha value is -1.62. The van der Waals surface area contributed by atoms with Gasteiger partial charge in [0.2, 0.25) is 0 Å². The van der Waals surface area contributed by atoms with E-state index in [-0.39, 0.29) is 4.90 Å². The van der Waals surface area contributed by atoms with Crippen molar-refractivity contribution in [1.82, 2.24) is 0 Å². The van der Waals surface area contributed by atoms with Gasteiger partial charge in [0.1, 0.15) is 0 Å². The minimum absolute atomic E-state index is 0.135. The van der Waals surface area contributed by atoms with Gasteiger partial charge in [0, 0.05) is 11.5 Å². The second-order valence-electron chi connectivity index (χ2n) is 3.45. The van der Waals surface area contributed by atoms with Crippen LogP contribution in [0.2, 0.25) is 0 Å². The molecule has 86 valence electrons. The second kappa shape index (κ2) is 4.49. The third-order valence-electron chi connectivity index (χ3n) is 2.03. The van der Waals surface area contributed by atoms with Gasteiger partial charge in [-0.3, -0.25) is 0 Å². The molecular formula is C11H12O4S. The molecule has 0 aliphatic heterocycles. The first kappa shape index (κ1) is 12.4. The first-order chi connectivity index (χ1) is 7.33. The van der Waals surface area contributed by atoms with Crippen LogP contribution >= 0.6 is 0 Å². The fourth-order valence-corrected chi connectivity index (χ4v) is 2.55. The van der Waals surface area contributed by atoms with E-state index in [4.69, 9.17) is 5.11 Å². The zero-order valence-corrected chi connectivity index (χ0v) is 9.78. The van der Waals surface area contributed by atoms with Gasteiger partial charge in [-0.1, -0.05) is 17.7 Å². The number of sulfone groups is 1. The van der Waals surface area contributed by atoms with Crippen LogP contribution in [-0.4, -0.2) is 19.5 Å². The van der Waals surface area contributed by atoms with E-state index in [1.54, 1.807) is 19.1 Å². The number of carboxylic acids is 1. The first-order valence-electron chi connectivity index (χ1n) is 4.56. The van der Waals surface area contributed by atoms with Crippen LogP contribution in [0.1, 0.15) is 11.1 Å². The van der Waals surface area contributed by atoms with Gasteiger partial charge in [0.15, 0.2) is 9.84 Å². The Morgan fingerprint density at radius 2 is 1.94 bits per heavy atom. The van der Waals surface area contributed by atoms with Gasteiger partial charge < -0.3 is 5.11 Å². The number of carbonyl (C=O) groups is 1. The van der Waals surface area contributed by atoms with Gasteiger partial charge in [-0.05, 0) is 25.5 Å². The zero-order chi connectivity index (χ0) is 12.3. The lowest BCUT2D eigenvalue weighted by Gasteiger charge is -2.04. The van der Waals surface area contributed by atoms with E-state index in [1.165, 1.54) is 6.07 Å². The predicted molar refractivity (Wildman–Crippen MR) is 59.9 cm³/mol. The van der Waals surface area contributed by atoms with Crippen molar-refractivity contribution in [3.8, 4) is 0 Å². The summed E-state index contributed by atoms with van der Waals surface area (Å²) in [5.41, 5.74) is 1.56. The monoisotopic (exact) mass is 240 g/mol. The lowest BCUT2D eigenvalue weighted by molar-refractivity contribution is -0.131. The standard InChI is InChI=1S/C11H12O4S/c1-8-3-4-10(9(2)7-8)16(14,15)6-5-11(12)13/h3-7H,1-2H3,(H,12,13)/b6-5+. The van der Waals surface area contributed by atoms with Crippen LogP contribution in [0.5, 0.6) is 0 Å². The summed E-state index contributed by atoms with van der Waals surface area (Å²) in [5, 5.41) is 9.09. The number of aryl methyl sites for hydroxylation is 2. The van der Waals surface area contributed by atoms with Gasteiger partial charge in [-0.2, -0.15) is 0 Å². The normalized spacial score (nSPS) is 11.9. The van der Waals surface area contributed by atoms with E-state index in [2.05, 4.69) is 0 Å². The highest BCUT2D eigenvalue weighted by Crippen LogP contribution is 2.18. The maximum absolute atomic E-state index is 11.7. The van der Waals surface area contributed by atoms with Crippen molar-refractivity contribution in [3.63, 3.8) is 0 Å². The summed E-state index contributed by atoms with van der Waals surface area (Å²) in [4.78, 5) is 10.4. The van der Waals surface area contributed by atoms with Gasteiger partial charge in [0.25, 0.3) is 0 Å². The Morgan fingerprint density at radius 1 is 1.31 bits per heavy atom. The maximum Gasteiger partial charge on any atom is 0.329 e. The molecule has 0 amide bonds. The van der Waals surface area contributed by atoms with Crippen molar-refractivity contribution in [3.05, 3.63) is 40.8 Å². The largest absolute Gasteiger partial charge is 0.478 e. The first-order valence-corrected chi connectivity index (χ1v) is 6.11. The van der Waals surface area contributed by atoms with E-state index in [9.17, 15) is 13.2 Å². The van der Waals surface area contributed by atoms with Gasteiger partial charge >= 0.3 is 5.97 Å². The van der Waals surface area contributed by atoms with Crippen LogP contribution in [0.15, 0.2) is 34.6 Å². The quantitative estimate of drug-likeness (QED) is 0.816. The second-order valence-corrected chi connectivity index (χ2v) is 5.26. The fourth-order valence-electron chi connectivity index (χ4n) is 1.34. The lowest BCUT2D eigenvalue weighted by Crippen LogP contribution is -2.01. The van der Waals surface area contributed by atoms with Crippen LogP contribution in [0.4, 0.5) is 0 Å². The molecule has 1 aromatic carbocycles. The third-order valence-corrected chi connectivity index (χ3v) is 3.59. The molecule has 1 rings (SSSR count). The molecular weight excluding hydrogens is 228 g/mol. The van der Waals surface area contributed by atoms with E-state index in [1.807, 2.05) is 6.92 Å². The van der Waals surface area contributed by atoms with E-state index in [0.717, 1.165) is 5.56 Å². The molecule has 5 heteroatoms. The average molecular weight is 240 g/mol. The summed E-state index contributed by atoms with van der Waals surface area (Å²) in [6, 6.07) is 4.89. The Bertz CT molecular complexity index is 541. The van der Waals surface area contributed by atoms with E-state index < -0.39 is 15.8 Å². The molecule has 1 aromatic rings. The van der Waals surface area contributed by atoms with Crippen molar-refractivity contribution in [2.45, 2.75) is 18.7 Å². The highest BCUT2D eigenvalue weighted by atomic mass is 32.2. The van der Waals surface area contributed by atoms with Crippen molar-refractivity contribution < 1.29 is 18.3 Å². The molecule has 0 saturated carbocycles. The molecule has 0 unspecified atom stereocenters. The predicted octanol–water partition coefficient (Wildman–Crippen LogP) is 1.68. The molecule has 0 fully saturated rings. The molecule has 0 aliphatic rings. The van der Waals surface area contributed by atoms with Gasteiger partial charge in [0.05, 0.1) is 4.90 Å². The molecule has 0 bridgehead atoms. The van der Waals surface area contributed by atoms with Crippen molar-refractivity contribution in [2.24, 2.45) is 0 Å². The van der Waals surface area contributed by atoms with Gasteiger partial charge in [-0.25, -0.2) is 13.2 Å². The summed E-state index contributed by atoms with van der Waals surface area (Å²) in [6.45, 7) is 3.53. The molecule has 0 heterocycles. The van der Waals surface area contributed by atoms with E-state index >= 15 is 0 Å². The number of hydrogen-bond donors (Lipinski definition) is 1. The molecule has 1 N–H and O–H groups in total. The molecule has 0 aliphatic carbocycles. The number of hydrogen-bond acceptors (Lipinski definition) is 3. The Labute approximate surface area is 94.1 Å². The van der Waals surface area contributed by atoms with Crippen LogP contribution in [-0.2, 0) is 14.6 Å². The highest BCUT2D eigenvalue weighted by molar-refractivity contribution is 7.94. The minimum Gasteiger partial charge on any atom is -0.478 e. The summed E-state index contributed by atoms with van der Waals surface area (Å²) in [7, 11) is -3.66. The molecule has 4 nitrogen and oxygen atoms in total. The summed E-state index contributed by atoms with van der Waals surface area (Å²) in [5.74, 6) is -1.28. The summed E-state index contributed by atoms with van der Waals surface area (Å²) >= 11 is 0. The third kappa shape index (κ3) is 2.93. The van der Waals surface area contributed by atoms with Crippen LogP contribution in [0.3, 0.4) is 0 Å². The Kier molecular flexibility index (Phi) is 3.49. The molecule has 0 saturated heterocycles. The molecule has 16 heavy (non-hydrogen) atoms. The van der Waals surface area contributed by atoms with Crippen molar-refractivity contribution in [2.75, 3.05) is 0 Å². The molecule has 0 spiro atoms. The van der Waals surface area contributed by atoms with Crippen molar-refractivity contribution in [1.29, 1.82) is 0 Å². The SMILES string of the molecule is Cc1ccc(S(=O)(=O)/C=C/C(=O)O)c(C)c1. The van der Waals surface area contributed by atoms with Crippen LogP contribution in [0.25, 0.3) is 0 Å². The number of rotatable bonds is 3. The molecule has 0 atom stereocenters. The van der Waals surface area contributed by atoms with Crippen molar-refractivity contribution >= 4 is 15.8 Å². The molecule has 0 aromatic heterocycles. The molecule has 0 radical (unpaired) electrons. The fraction of sp³-hybridized carbons (Fsp3) is 0.182. The summed E-state index contributed by atoms with van der Waals surface area (Å²) in [6.07, 6.45) is 0.620. The maximum atomic E-state index is 11.7. The minimum atomic E-state index is -3.66. The van der Waals surface area contributed by atoms with Crippen LogP contribution in [0, 0.1) is 13.8 Å². The topological polar surface area (TPSA) is 71.4 Å². The van der Waals surface area contributed by atoms with Crippen LogP contribution < -0.4 is 0 Å². The highest BCUT2D eigenvalue weighted by Gasteiger charge is 2.13. The Morgan fingerprint density at radius 3 is 2.44 bits per heavy atom. The number of aliphatic carboxylic acids is 1. The zero-order valence-electron chi connectivity index (χ0n) is 8.97. The van der Waals surface area contributed by atoms with Gasteiger partial charge in [-0.15, -0.1) is 0 Å². The Balaban J connectivity index is 3.23. The average Bonchev–Trinajstić information content (AvgIpc) is 2.14. The number of carboxylic acid groups (broad SMARTS) is 1. The lowest BCUT2D eigenvalue weighted by atomic mass is 10.2. The smallest absolute Gasteiger partial charge is 0.329 e. The summed E-state index contributed by atoms with van der Waals surface area (Å²) < 4.78 is 23.4. The van der Waals surface area contributed by atoms with E-state index in [0.29, 0.717) is 17.0 Å². The number of benzene rings is 1.